The Morgan fingerprint density at radius 1 is 0.955 bits per heavy atom. The summed E-state index contributed by atoms with van der Waals surface area (Å²) in [6.07, 6.45) is 2.45. The molecule has 0 fully saturated rings. The van der Waals surface area contributed by atoms with E-state index in [0.29, 0.717) is 13.0 Å². The highest BCUT2D eigenvalue weighted by Gasteiger charge is 2.00. The summed E-state index contributed by atoms with van der Waals surface area (Å²) in [6.45, 7) is 1.37. The van der Waals surface area contributed by atoms with E-state index in [1.807, 2.05) is 42.5 Å². The van der Waals surface area contributed by atoms with Gasteiger partial charge in [-0.2, -0.15) is 0 Å². The first kappa shape index (κ1) is 16.6. The molecule has 0 saturated carbocycles. The first-order valence-electron chi connectivity index (χ1n) is 7.54. The number of hydrogen-bond acceptors (Lipinski definition) is 2. The van der Waals surface area contributed by atoms with E-state index in [9.17, 15) is 4.79 Å². The van der Waals surface area contributed by atoms with E-state index in [0.717, 1.165) is 29.5 Å². The maximum absolute atomic E-state index is 11.7. The molecule has 2 rings (SSSR count). The summed E-state index contributed by atoms with van der Waals surface area (Å²) in [4.78, 5) is 11.7. The molecule has 0 aliphatic heterocycles. The Kier molecular flexibility index (Phi) is 6.97. The number of amides is 1. The van der Waals surface area contributed by atoms with Crippen LogP contribution in [0.2, 0.25) is 0 Å². The van der Waals surface area contributed by atoms with Gasteiger partial charge in [0.25, 0.3) is 0 Å². The summed E-state index contributed by atoms with van der Waals surface area (Å²) in [6, 6.07) is 18.3. The van der Waals surface area contributed by atoms with Gasteiger partial charge >= 0.3 is 0 Å². The molecule has 0 radical (unpaired) electrons. The molecule has 2 aromatic rings. The van der Waals surface area contributed by atoms with Gasteiger partial charge in [-0.05, 0) is 42.7 Å². The predicted molar refractivity (Wildman–Crippen MR) is 95.0 cm³/mol. The topological polar surface area (TPSA) is 41.1 Å². The van der Waals surface area contributed by atoms with Gasteiger partial charge in [-0.15, -0.1) is 0 Å². The van der Waals surface area contributed by atoms with E-state index in [2.05, 4.69) is 38.7 Å². The lowest BCUT2D eigenvalue weighted by molar-refractivity contribution is -0.120. The summed E-state index contributed by atoms with van der Waals surface area (Å²) in [5.74, 6) is 0.0951. The van der Waals surface area contributed by atoms with Crippen molar-refractivity contribution in [3.63, 3.8) is 0 Å². The first-order valence-corrected chi connectivity index (χ1v) is 8.33. The molecule has 3 nitrogen and oxygen atoms in total. The van der Waals surface area contributed by atoms with Crippen molar-refractivity contribution in [1.29, 1.82) is 0 Å². The number of benzene rings is 2. The maximum Gasteiger partial charge on any atom is 0.221 e. The van der Waals surface area contributed by atoms with Crippen molar-refractivity contribution in [3.8, 4) is 0 Å². The molecule has 0 unspecified atom stereocenters. The molecular formula is C18H21BrN2O. The predicted octanol–water partition coefficient (Wildman–Crippen LogP) is 4.00. The Balaban J connectivity index is 1.55. The third-order valence-electron chi connectivity index (χ3n) is 3.33. The lowest BCUT2D eigenvalue weighted by atomic mass is 10.1. The van der Waals surface area contributed by atoms with Crippen LogP contribution in [0.25, 0.3) is 0 Å². The van der Waals surface area contributed by atoms with Crippen LogP contribution in [0.1, 0.15) is 18.4 Å². The third-order valence-corrected chi connectivity index (χ3v) is 3.86. The molecule has 0 aliphatic rings. The summed E-state index contributed by atoms with van der Waals surface area (Å²) in [7, 11) is 0. The molecule has 0 saturated heterocycles. The standard InChI is InChI=1S/C18H21BrN2O/c19-16-8-10-17(11-9-16)20-14-12-18(22)21-13-4-7-15-5-2-1-3-6-15/h1-3,5-6,8-11,20H,4,7,12-14H2,(H,21,22). The lowest BCUT2D eigenvalue weighted by Gasteiger charge is -2.08. The van der Waals surface area contributed by atoms with Crippen LogP contribution in [-0.2, 0) is 11.2 Å². The minimum Gasteiger partial charge on any atom is -0.385 e. The second kappa shape index (κ2) is 9.26. The smallest absolute Gasteiger partial charge is 0.221 e. The first-order chi connectivity index (χ1) is 10.7. The van der Waals surface area contributed by atoms with Crippen LogP contribution in [-0.4, -0.2) is 19.0 Å². The van der Waals surface area contributed by atoms with E-state index in [1.54, 1.807) is 0 Å². The SMILES string of the molecule is O=C(CCNc1ccc(Br)cc1)NCCCc1ccccc1. The fourth-order valence-electron chi connectivity index (χ4n) is 2.14. The normalized spacial score (nSPS) is 10.2. The van der Waals surface area contributed by atoms with Crippen molar-refractivity contribution < 1.29 is 4.79 Å². The minimum absolute atomic E-state index is 0.0951. The van der Waals surface area contributed by atoms with Gasteiger partial charge in [-0.1, -0.05) is 46.3 Å². The average molecular weight is 361 g/mol. The molecule has 2 N–H and O–H groups in total. The molecule has 0 aromatic heterocycles. The average Bonchev–Trinajstić information content (AvgIpc) is 2.54. The Hall–Kier alpha value is -1.81. The summed E-state index contributed by atoms with van der Waals surface area (Å²) >= 11 is 3.40. The molecule has 0 heterocycles. The molecule has 0 atom stereocenters. The van der Waals surface area contributed by atoms with E-state index in [1.165, 1.54) is 5.56 Å². The van der Waals surface area contributed by atoms with Gasteiger partial charge in [-0.25, -0.2) is 0 Å². The molecule has 0 spiro atoms. The summed E-state index contributed by atoms with van der Waals surface area (Å²) < 4.78 is 1.05. The van der Waals surface area contributed by atoms with Crippen molar-refractivity contribution >= 4 is 27.5 Å². The second-order valence-electron chi connectivity index (χ2n) is 5.12. The number of hydrogen-bond donors (Lipinski definition) is 2. The highest BCUT2D eigenvalue weighted by atomic mass is 79.9. The number of halogens is 1. The molecule has 0 aliphatic carbocycles. The number of anilines is 1. The zero-order valence-electron chi connectivity index (χ0n) is 12.5. The lowest BCUT2D eigenvalue weighted by Crippen LogP contribution is -2.26. The maximum atomic E-state index is 11.7. The van der Waals surface area contributed by atoms with Crippen molar-refractivity contribution in [1.82, 2.24) is 5.32 Å². The Morgan fingerprint density at radius 2 is 1.68 bits per heavy atom. The molecule has 2 aromatic carbocycles. The molecule has 1 amide bonds. The van der Waals surface area contributed by atoms with Gasteiger partial charge in [0.15, 0.2) is 0 Å². The summed E-state index contributed by atoms with van der Waals surface area (Å²) in [5.41, 5.74) is 2.34. The van der Waals surface area contributed by atoms with Crippen molar-refractivity contribution in [2.24, 2.45) is 0 Å². The largest absolute Gasteiger partial charge is 0.385 e. The van der Waals surface area contributed by atoms with E-state index in [4.69, 9.17) is 0 Å². The van der Waals surface area contributed by atoms with Gasteiger partial charge in [-0.3, -0.25) is 4.79 Å². The molecule has 4 heteroatoms. The molecular weight excluding hydrogens is 340 g/mol. The molecule has 22 heavy (non-hydrogen) atoms. The number of rotatable bonds is 8. The van der Waals surface area contributed by atoms with Crippen LogP contribution < -0.4 is 10.6 Å². The highest BCUT2D eigenvalue weighted by molar-refractivity contribution is 9.10. The fourth-order valence-corrected chi connectivity index (χ4v) is 2.41. The number of aryl methyl sites for hydroxylation is 1. The van der Waals surface area contributed by atoms with Crippen LogP contribution in [0.5, 0.6) is 0 Å². The molecule has 116 valence electrons. The van der Waals surface area contributed by atoms with Crippen molar-refractivity contribution in [2.45, 2.75) is 19.3 Å². The Bertz CT molecular complexity index is 569. The number of carbonyl (C=O) groups is 1. The van der Waals surface area contributed by atoms with Crippen molar-refractivity contribution in [3.05, 3.63) is 64.6 Å². The zero-order valence-corrected chi connectivity index (χ0v) is 14.1. The Morgan fingerprint density at radius 3 is 2.41 bits per heavy atom. The summed E-state index contributed by atoms with van der Waals surface area (Å²) in [5, 5.41) is 6.20. The van der Waals surface area contributed by atoms with Crippen LogP contribution in [0.15, 0.2) is 59.1 Å². The van der Waals surface area contributed by atoms with E-state index in [-0.39, 0.29) is 5.91 Å². The van der Waals surface area contributed by atoms with Gasteiger partial charge in [0.2, 0.25) is 5.91 Å². The van der Waals surface area contributed by atoms with Gasteiger partial charge in [0.1, 0.15) is 0 Å². The van der Waals surface area contributed by atoms with Crippen LogP contribution >= 0.6 is 15.9 Å². The van der Waals surface area contributed by atoms with Crippen LogP contribution in [0, 0.1) is 0 Å². The quantitative estimate of drug-likeness (QED) is 0.698. The monoisotopic (exact) mass is 360 g/mol. The minimum atomic E-state index is 0.0951. The molecule has 0 bridgehead atoms. The van der Waals surface area contributed by atoms with Crippen LogP contribution in [0.4, 0.5) is 5.69 Å². The van der Waals surface area contributed by atoms with E-state index >= 15 is 0 Å². The second-order valence-corrected chi connectivity index (χ2v) is 6.04. The number of carbonyl (C=O) groups excluding carboxylic acids is 1. The van der Waals surface area contributed by atoms with Gasteiger partial charge in [0.05, 0.1) is 0 Å². The third kappa shape index (κ3) is 6.31. The fraction of sp³-hybridized carbons (Fsp3) is 0.278. The zero-order chi connectivity index (χ0) is 15.6. The van der Waals surface area contributed by atoms with Gasteiger partial charge in [0, 0.05) is 29.7 Å². The van der Waals surface area contributed by atoms with Crippen LogP contribution in [0.3, 0.4) is 0 Å². The van der Waals surface area contributed by atoms with Gasteiger partial charge < -0.3 is 10.6 Å². The number of nitrogens with one attached hydrogen (secondary N) is 2. The van der Waals surface area contributed by atoms with Crippen molar-refractivity contribution in [2.75, 3.05) is 18.4 Å². The van der Waals surface area contributed by atoms with E-state index < -0.39 is 0 Å². The highest BCUT2D eigenvalue weighted by Crippen LogP contribution is 2.13. The Labute approximate surface area is 140 Å².